The fourth-order valence-electron chi connectivity index (χ4n) is 3.57. The van der Waals surface area contributed by atoms with Gasteiger partial charge in [-0.05, 0) is 26.3 Å². The molecule has 1 amide bonds. The fourth-order valence-corrected chi connectivity index (χ4v) is 3.57. The second kappa shape index (κ2) is 8.82. The van der Waals surface area contributed by atoms with Crippen LogP contribution in [0.5, 0.6) is 0 Å². The van der Waals surface area contributed by atoms with Crippen molar-refractivity contribution in [2.24, 2.45) is 0 Å². The topological polar surface area (TPSA) is 74.5 Å². The third-order valence-corrected chi connectivity index (χ3v) is 5.18. The minimum atomic E-state index is 0. The number of aryl methyl sites for hydroxylation is 1. The quantitative estimate of drug-likeness (QED) is 0.857. The maximum Gasteiger partial charge on any atom is 0.241 e. The predicted molar refractivity (Wildman–Crippen MR) is 105 cm³/mol. The third-order valence-electron chi connectivity index (χ3n) is 5.18. The van der Waals surface area contributed by atoms with Gasteiger partial charge in [0.2, 0.25) is 17.6 Å². The number of nitrogens with one attached hydrogen (secondary N) is 1. The Labute approximate surface area is 165 Å². The number of benzene rings is 1. The summed E-state index contributed by atoms with van der Waals surface area (Å²) in [5.74, 6) is 1.50. The molecule has 3 heterocycles. The normalized spacial score (nSPS) is 20.5. The number of rotatable bonds is 4. The van der Waals surface area contributed by atoms with E-state index in [1.165, 1.54) is 5.56 Å². The van der Waals surface area contributed by atoms with E-state index >= 15 is 0 Å². The average molecular weight is 392 g/mol. The first-order valence-corrected chi connectivity index (χ1v) is 9.33. The van der Waals surface area contributed by atoms with Crippen LogP contribution in [-0.4, -0.2) is 64.6 Å². The molecule has 146 valence electrons. The van der Waals surface area contributed by atoms with Crippen molar-refractivity contribution in [2.75, 3.05) is 32.7 Å². The summed E-state index contributed by atoms with van der Waals surface area (Å²) in [6.45, 7) is 6.82. The van der Waals surface area contributed by atoms with E-state index in [9.17, 15) is 4.79 Å². The Hall–Kier alpha value is -1.96. The summed E-state index contributed by atoms with van der Waals surface area (Å²) in [6, 6.07) is 8.12. The van der Waals surface area contributed by atoms with Crippen molar-refractivity contribution in [2.45, 2.75) is 32.4 Å². The van der Waals surface area contributed by atoms with Gasteiger partial charge in [-0.2, -0.15) is 4.98 Å². The molecule has 7 nitrogen and oxygen atoms in total. The van der Waals surface area contributed by atoms with Crippen molar-refractivity contribution >= 4 is 18.3 Å². The van der Waals surface area contributed by atoms with E-state index in [0.717, 1.165) is 51.1 Å². The monoisotopic (exact) mass is 391 g/mol. The molecule has 4 rings (SSSR count). The number of amides is 1. The van der Waals surface area contributed by atoms with Crippen molar-refractivity contribution in [3.63, 3.8) is 0 Å². The first kappa shape index (κ1) is 19.8. The Balaban J connectivity index is 0.00000210. The zero-order valence-corrected chi connectivity index (χ0v) is 16.4. The smallest absolute Gasteiger partial charge is 0.241 e. The zero-order valence-electron chi connectivity index (χ0n) is 15.6. The molecule has 2 aliphatic rings. The molecule has 27 heavy (non-hydrogen) atoms. The SMILES string of the molecule is Cc1ccc(-c2noc(CN3CCN(C(=O)C4CCCN4)CC3)n2)cc1.Cl. The van der Waals surface area contributed by atoms with E-state index in [4.69, 9.17) is 4.52 Å². The van der Waals surface area contributed by atoms with Gasteiger partial charge in [0.1, 0.15) is 0 Å². The van der Waals surface area contributed by atoms with Crippen LogP contribution < -0.4 is 5.32 Å². The summed E-state index contributed by atoms with van der Waals surface area (Å²) in [5, 5.41) is 7.38. The van der Waals surface area contributed by atoms with Gasteiger partial charge < -0.3 is 14.7 Å². The second-order valence-corrected chi connectivity index (χ2v) is 7.13. The van der Waals surface area contributed by atoms with E-state index < -0.39 is 0 Å². The fraction of sp³-hybridized carbons (Fsp3) is 0.526. The lowest BCUT2D eigenvalue weighted by Crippen LogP contribution is -2.52. The van der Waals surface area contributed by atoms with Crippen molar-refractivity contribution in [3.05, 3.63) is 35.7 Å². The Morgan fingerprint density at radius 2 is 1.96 bits per heavy atom. The number of hydrogen-bond acceptors (Lipinski definition) is 6. The maximum atomic E-state index is 12.5. The van der Waals surface area contributed by atoms with Crippen LogP contribution in [0, 0.1) is 6.92 Å². The molecule has 1 N–H and O–H groups in total. The molecule has 1 aromatic carbocycles. The van der Waals surface area contributed by atoms with Crippen molar-refractivity contribution in [1.82, 2.24) is 25.3 Å². The van der Waals surface area contributed by atoms with Gasteiger partial charge in [-0.1, -0.05) is 35.0 Å². The molecule has 0 aliphatic carbocycles. The van der Waals surface area contributed by atoms with Crippen LogP contribution in [0.15, 0.2) is 28.8 Å². The van der Waals surface area contributed by atoms with Gasteiger partial charge in [-0.15, -0.1) is 12.4 Å². The molecule has 1 atom stereocenters. The number of carbonyl (C=O) groups is 1. The second-order valence-electron chi connectivity index (χ2n) is 7.13. The van der Waals surface area contributed by atoms with Gasteiger partial charge in [-0.3, -0.25) is 9.69 Å². The highest BCUT2D eigenvalue weighted by atomic mass is 35.5. The molecule has 2 aromatic rings. The largest absolute Gasteiger partial charge is 0.339 e. The molecule has 0 saturated carbocycles. The Bertz CT molecular complexity index is 750. The number of halogens is 1. The molecule has 0 radical (unpaired) electrons. The first-order chi connectivity index (χ1) is 12.7. The van der Waals surface area contributed by atoms with E-state index in [-0.39, 0.29) is 24.4 Å². The molecule has 2 fully saturated rings. The van der Waals surface area contributed by atoms with Crippen molar-refractivity contribution in [3.8, 4) is 11.4 Å². The third kappa shape index (κ3) is 4.66. The highest BCUT2D eigenvalue weighted by Crippen LogP contribution is 2.18. The number of aromatic nitrogens is 2. The summed E-state index contributed by atoms with van der Waals surface area (Å²) < 4.78 is 5.41. The van der Waals surface area contributed by atoms with Crippen LogP contribution in [0.1, 0.15) is 24.3 Å². The summed E-state index contributed by atoms with van der Waals surface area (Å²) in [6.07, 6.45) is 2.06. The van der Waals surface area contributed by atoms with E-state index in [0.29, 0.717) is 18.3 Å². The molecule has 1 aromatic heterocycles. The highest BCUT2D eigenvalue weighted by molar-refractivity contribution is 5.85. The minimum Gasteiger partial charge on any atom is -0.339 e. The van der Waals surface area contributed by atoms with Gasteiger partial charge in [0.25, 0.3) is 0 Å². The number of nitrogens with zero attached hydrogens (tertiary/aromatic N) is 4. The highest BCUT2D eigenvalue weighted by Gasteiger charge is 2.29. The molecule has 8 heteroatoms. The molecule has 2 saturated heterocycles. The van der Waals surface area contributed by atoms with Crippen LogP contribution in [-0.2, 0) is 11.3 Å². The van der Waals surface area contributed by atoms with E-state index in [1.807, 2.05) is 29.2 Å². The maximum absolute atomic E-state index is 12.5. The van der Waals surface area contributed by atoms with Crippen LogP contribution in [0.3, 0.4) is 0 Å². The molecule has 0 spiro atoms. The van der Waals surface area contributed by atoms with Gasteiger partial charge in [0.15, 0.2) is 0 Å². The van der Waals surface area contributed by atoms with Crippen LogP contribution in [0.4, 0.5) is 0 Å². The Kier molecular flexibility index (Phi) is 6.46. The van der Waals surface area contributed by atoms with Gasteiger partial charge in [0.05, 0.1) is 12.6 Å². The molecule has 0 bridgehead atoms. The molecule has 1 unspecified atom stereocenters. The predicted octanol–water partition coefficient (Wildman–Crippen LogP) is 1.86. The molecular weight excluding hydrogens is 366 g/mol. The van der Waals surface area contributed by atoms with Gasteiger partial charge >= 0.3 is 0 Å². The van der Waals surface area contributed by atoms with Crippen molar-refractivity contribution in [1.29, 1.82) is 0 Å². The minimum absolute atomic E-state index is 0. The van der Waals surface area contributed by atoms with Gasteiger partial charge in [0, 0.05) is 31.7 Å². The lowest BCUT2D eigenvalue weighted by atomic mass is 10.1. The standard InChI is InChI=1S/C19H25N5O2.ClH/c1-14-4-6-15(7-5-14)18-21-17(26-22-18)13-23-9-11-24(12-10-23)19(25)16-3-2-8-20-16;/h4-7,16,20H,2-3,8-13H2,1H3;1H. The summed E-state index contributed by atoms with van der Waals surface area (Å²) in [7, 11) is 0. The molecule has 2 aliphatic heterocycles. The van der Waals surface area contributed by atoms with Crippen LogP contribution >= 0.6 is 12.4 Å². The van der Waals surface area contributed by atoms with Crippen LogP contribution in [0.25, 0.3) is 11.4 Å². The number of piperazine rings is 1. The van der Waals surface area contributed by atoms with Gasteiger partial charge in [-0.25, -0.2) is 0 Å². The number of carbonyl (C=O) groups excluding carboxylic acids is 1. The van der Waals surface area contributed by atoms with E-state index in [2.05, 4.69) is 27.3 Å². The summed E-state index contributed by atoms with van der Waals surface area (Å²) in [5.41, 5.74) is 2.17. The Morgan fingerprint density at radius 3 is 2.63 bits per heavy atom. The number of hydrogen-bond donors (Lipinski definition) is 1. The van der Waals surface area contributed by atoms with E-state index in [1.54, 1.807) is 0 Å². The van der Waals surface area contributed by atoms with Crippen molar-refractivity contribution < 1.29 is 9.32 Å². The zero-order chi connectivity index (χ0) is 17.9. The Morgan fingerprint density at radius 1 is 1.22 bits per heavy atom. The average Bonchev–Trinajstić information content (AvgIpc) is 3.35. The summed E-state index contributed by atoms with van der Waals surface area (Å²) >= 11 is 0. The van der Waals surface area contributed by atoms with Crippen LogP contribution in [0.2, 0.25) is 0 Å². The first-order valence-electron chi connectivity index (χ1n) is 9.33. The lowest BCUT2D eigenvalue weighted by Gasteiger charge is -2.35. The summed E-state index contributed by atoms with van der Waals surface area (Å²) in [4.78, 5) is 21.2. The lowest BCUT2D eigenvalue weighted by molar-refractivity contribution is -0.134. The molecular formula is C19H26ClN5O2.